The van der Waals surface area contributed by atoms with Gasteiger partial charge in [0.25, 0.3) is 0 Å². The van der Waals surface area contributed by atoms with Gasteiger partial charge in [-0.25, -0.2) is 4.98 Å². The van der Waals surface area contributed by atoms with Gasteiger partial charge in [0.15, 0.2) is 0 Å². The lowest BCUT2D eigenvalue weighted by molar-refractivity contribution is -0.121. The van der Waals surface area contributed by atoms with Gasteiger partial charge in [-0.2, -0.15) is 0 Å². The molecule has 0 aliphatic heterocycles. The molecule has 0 saturated carbocycles. The Bertz CT molecular complexity index is 822. The molecule has 23 heavy (non-hydrogen) atoms. The molecule has 2 aromatic carbocycles. The molecule has 0 aliphatic carbocycles. The second kappa shape index (κ2) is 6.52. The Morgan fingerprint density at radius 2 is 1.91 bits per heavy atom. The Balaban J connectivity index is 1.65. The van der Waals surface area contributed by atoms with Crippen molar-refractivity contribution in [2.24, 2.45) is 0 Å². The number of hydrogen-bond acceptors (Lipinski definition) is 3. The molecule has 3 rings (SSSR count). The number of rotatable bonds is 5. The topological polar surface area (TPSA) is 56.1 Å². The molecule has 3 aromatic rings. The number of carbonyl (C=O) groups is 1. The fraction of sp³-hybridized carbons (Fsp3) is 0.222. The average molecular weight is 309 g/mol. The summed E-state index contributed by atoms with van der Waals surface area (Å²) in [5.41, 5.74) is 2.92. The maximum absolute atomic E-state index is 12.2. The van der Waals surface area contributed by atoms with E-state index in [1.807, 2.05) is 60.0 Å². The first kappa shape index (κ1) is 15.1. The van der Waals surface area contributed by atoms with Gasteiger partial charge in [0, 0.05) is 6.54 Å². The lowest BCUT2D eigenvalue weighted by Gasteiger charge is -2.09. The summed E-state index contributed by atoms with van der Waals surface area (Å²) < 4.78 is 7.05. The maximum atomic E-state index is 12.2. The van der Waals surface area contributed by atoms with Gasteiger partial charge in [-0.15, -0.1) is 0 Å². The molecule has 0 spiro atoms. The third kappa shape index (κ3) is 3.34. The third-order valence-electron chi connectivity index (χ3n) is 3.80. The molecule has 0 saturated heterocycles. The van der Waals surface area contributed by atoms with Crippen molar-refractivity contribution in [3.8, 4) is 5.75 Å². The summed E-state index contributed by atoms with van der Waals surface area (Å²) in [6.07, 6.45) is 0. The number of methoxy groups -OCH3 is 1. The standard InChI is InChI=1S/C18H19N3O2/c1-13-20-16-5-3-4-6-17(16)21(13)12-18(22)19-11-14-7-9-15(23-2)10-8-14/h3-10H,11-12H2,1-2H3,(H,19,22). The maximum Gasteiger partial charge on any atom is 0.240 e. The third-order valence-corrected chi connectivity index (χ3v) is 3.80. The van der Waals surface area contributed by atoms with E-state index in [1.165, 1.54) is 0 Å². The predicted octanol–water partition coefficient (Wildman–Crippen LogP) is 2.67. The van der Waals surface area contributed by atoms with Crippen molar-refractivity contribution in [2.75, 3.05) is 7.11 Å². The predicted molar refractivity (Wildman–Crippen MR) is 89.3 cm³/mol. The van der Waals surface area contributed by atoms with E-state index < -0.39 is 0 Å². The van der Waals surface area contributed by atoms with Crippen LogP contribution in [0.15, 0.2) is 48.5 Å². The van der Waals surface area contributed by atoms with Crippen LogP contribution in [0.4, 0.5) is 0 Å². The van der Waals surface area contributed by atoms with E-state index in [-0.39, 0.29) is 12.5 Å². The molecule has 0 fully saturated rings. The highest BCUT2D eigenvalue weighted by atomic mass is 16.5. The molecule has 5 heteroatoms. The highest BCUT2D eigenvalue weighted by Crippen LogP contribution is 2.15. The number of carbonyl (C=O) groups excluding carboxylic acids is 1. The lowest BCUT2D eigenvalue weighted by Crippen LogP contribution is -2.27. The van der Waals surface area contributed by atoms with Crippen molar-refractivity contribution in [1.29, 1.82) is 0 Å². The molecule has 0 bridgehead atoms. The number of aromatic nitrogens is 2. The van der Waals surface area contributed by atoms with Gasteiger partial charge in [0.1, 0.15) is 18.1 Å². The number of aryl methyl sites for hydroxylation is 1. The van der Waals surface area contributed by atoms with Gasteiger partial charge in [-0.05, 0) is 36.8 Å². The van der Waals surface area contributed by atoms with E-state index in [9.17, 15) is 4.79 Å². The molecule has 0 radical (unpaired) electrons. The second-order valence-corrected chi connectivity index (χ2v) is 5.36. The van der Waals surface area contributed by atoms with Crippen LogP contribution in [0, 0.1) is 6.92 Å². The SMILES string of the molecule is COc1ccc(CNC(=O)Cn2c(C)nc3ccccc32)cc1. The zero-order chi connectivity index (χ0) is 16.2. The molecule has 1 amide bonds. The Morgan fingerprint density at radius 3 is 2.65 bits per heavy atom. The largest absolute Gasteiger partial charge is 0.497 e. The Morgan fingerprint density at radius 1 is 1.17 bits per heavy atom. The Hall–Kier alpha value is -2.82. The van der Waals surface area contributed by atoms with E-state index in [2.05, 4.69) is 10.3 Å². The first-order valence-corrected chi connectivity index (χ1v) is 7.49. The number of hydrogen-bond donors (Lipinski definition) is 1. The van der Waals surface area contributed by atoms with Crippen molar-refractivity contribution in [3.63, 3.8) is 0 Å². The van der Waals surface area contributed by atoms with Gasteiger partial charge in [0.05, 0.1) is 18.1 Å². The van der Waals surface area contributed by atoms with Gasteiger partial charge < -0.3 is 14.6 Å². The van der Waals surface area contributed by atoms with Crippen LogP contribution in [0.25, 0.3) is 11.0 Å². The molecular formula is C18H19N3O2. The lowest BCUT2D eigenvalue weighted by atomic mass is 10.2. The molecule has 0 unspecified atom stereocenters. The highest BCUT2D eigenvalue weighted by Gasteiger charge is 2.10. The number of para-hydroxylation sites is 2. The van der Waals surface area contributed by atoms with Crippen LogP contribution in [0.3, 0.4) is 0 Å². The molecule has 118 valence electrons. The number of nitrogens with one attached hydrogen (secondary N) is 1. The van der Waals surface area contributed by atoms with Crippen molar-refractivity contribution < 1.29 is 9.53 Å². The van der Waals surface area contributed by atoms with E-state index >= 15 is 0 Å². The van der Waals surface area contributed by atoms with Gasteiger partial charge >= 0.3 is 0 Å². The second-order valence-electron chi connectivity index (χ2n) is 5.36. The molecule has 0 aliphatic rings. The average Bonchev–Trinajstić information content (AvgIpc) is 2.89. The molecule has 1 N–H and O–H groups in total. The monoisotopic (exact) mass is 309 g/mol. The Labute approximate surface area is 134 Å². The zero-order valence-electron chi connectivity index (χ0n) is 13.2. The van der Waals surface area contributed by atoms with Crippen LogP contribution in [0.5, 0.6) is 5.75 Å². The summed E-state index contributed by atoms with van der Waals surface area (Å²) in [4.78, 5) is 16.7. The first-order chi connectivity index (χ1) is 11.2. The van der Waals surface area contributed by atoms with Crippen LogP contribution < -0.4 is 10.1 Å². The van der Waals surface area contributed by atoms with E-state index in [0.29, 0.717) is 6.54 Å². The summed E-state index contributed by atoms with van der Waals surface area (Å²) in [5.74, 6) is 1.61. The summed E-state index contributed by atoms with van der Waals surface area (Å²) in [6, 6.07) is 15.5. The quantitative estimate of drug-likeness (QED) is 0.788. The molecule has 5 nitrogen and oxygen atoms in total. The van der Waals surface area contributed by atoms with Crippen molar-refractivity contribution in [3.05, 3.63) is 59.9 Å². The molecule has 0 atom stereocenters. The summed E-state index contributed by atoms with van der Waals surface area (Å²) in [6.45, 7) is 2.67. The normalized spacial score (nSPS) is 10.7. The van der Waals surface area contributed by atoms with Crippen LogP contribution in [-0.2, 0) is 17.9 Å². The van der Waals surface area contributed by atoms with Gasteiger partial charge in [-0.1, -0.05) is 24.3 Å². The fourth-order valence-electron chi connectivity index (χ4n) is 2.54. The van der Waals surface area contributed by atoms with Gasteiger partial charge in [-0.3, -0.25) is 4.79 Å². The summed E-state index contributed by atoms with van der Waals surface area (Å²) >= 11 is 0. The molecular weight excluding hydrogens is 290 g/mol. The van der Waals surface area contributed by atoms with E-state index in [1.54, 1.807) is 7.11 Å². The van der Waals surface area contributed by atoms with E-state index in [0.717, 1.165) is 28.2 Å². The van der Waals surface area contributed by atoms with Gasteiger partial charge in [0.2, 0.25) is 5.91 Å². The number of amides is 1. The number of imidazole rings is 1. The molecule has 1 heterocycles. The minimum Gasteiger partial charge on any atom is -0.497 e. The minimum absolute atomic E-state index is 0.0351. The minimum atomic E-state index is -0.0351. The fourth-order valence-corrected chi connectivity index (χ4v) is 2.54. The number of nitrogens with zero attached hydrogens (tertiary/aromatic N) is 2. The van der Waals surface area contributed by atoms with Crippen molar-refractivity contribution in [1.82, 2.24) is 14.9 Å². The van der Waals surface area contributed by atoms with E-state index in [4.69, 9.17) is 4.74 Å². The number of ether oxygens (including phenoxy) is 1. The van der Waals surface area contributed by atoms with Crippen LogP contribution >= 0.6 is 0 Å². The van der Waals surface area contributed by atoms with Crippen LogP contribution in [-0.4, -0.2) is 22.6 Å². The van der Waals surface area contributed by atoms with Crippen LogP contribution in [0.2, 0.25) is 0 Å². The highest BCUT2D eigenvalue weighted by molar-refractivity contribution is 5.81. The van der Waals surface area contributed by atoms with Crippen LogP contribution in [0.1, 0.15) is 11.4 Å². The summed E-state index contributed by atoms with van der Waals surface area (Å²) in [7, 11) is 1.63. The zero-order valence-corrected chi connectivity index (χ0v) is 13.2. The summed E-state index contributed by atoms with van der Waals surface area (Å²) in [5, 5.41) is 2.94. The smallest absolute Gasteiger partial charge is 0.240 e. The first-order valence-electron chi connectivity index (χ1n) is 7.49. The van der Waals surface area contributed by atoms with Crippen molar-refractivity contribution in [2.45, 2.75) is 20.0 Å². The Kier molecular flexibility index (Phi) is 4.28. The number of benzene rings is 2. The van der Waals surface area contributed by atoms with Crippen molar-refractivity contribution >= 4 is 16.9 Å². The molecule has 1 aromatic heterocycles. The number of fused-ring (bicyclic) bond motifs is 1.